The Hall–Kier alpha value is -2.93. The molecule has 4 nitrogen and oxygen atoms in total. The molecule has 0 spiro atoms. The van der Waals surface area contributed by atoms with E-state index in [1.807, 2.05) is 42.5 Å². The van der Waals surface area contributed by atoms with E-state index >= 15 is 0 Å². The van der Waals surface area contributed by atoms with Gasteiger partial charge >= 0.3 is 0 Å². The van der Waals surface area contributed by atoms with Gasteiger partial charge in [-0.1, -0.05) is 18.2 Å². The summed E-state index contributed by atoms with van der Waals surface area (Å²) in [5, 5.41) is 9.10. The number of rotatable bonds is 5. The predicted molar refractivity (Wildman–Crippen MR) is 85.2 cm³/mol. The van der Waals surface area contributed by atoms with Gasteiger partial charge < -0.3 is 14.2 Å². The van der Waals surface area contributed by atoms with Crippen molar-refractivity contribution in [1.29, 1.82) is 5.26 Å². The van der Waals surface area contributed by atoms with Gasteiger partial charge in [-0.3, -0.25) is 0 Å². The Labute approximate surface area is 130 Å². The molecular formula is C18H17NO3. The first-order chi connectivity index (χ1) is 10.7. The fourth-order valence-corrected chi connectivity index (χ4v) is 2.19. The van der Waals surface area contributed by atoms with Crippen LogP contribution in [0.25, 0.3) is 5.57 Å². The first-order valence-electron chi connectivity index (χ1n) is 6.70. The Balaban J connectivity index is 2.53. The monoisotopic (exact) mass is 295 g/mol. The molecule has 2 aromatic carbocycles. The second-order valence-electron chi connectivity index (χ2n) is 4.49. The molecular weight excluding hydrogens is 278 g/mol. The Morgan fingerprint density at radius 3 is 2.27 bits per heavy atom. The number of hydrogen-bond donors (Lipinski definition) is 0. The fourth-order valence-electron chi connectivity index (χ4n) is 2.19. The summed E-state index contributed by atoms with van der Waals surface area (Å²) in [4.78, 5) is 0. The van der Waals surface area contributed by atoms with Crippen molar-refractivity contribution in [1.82, 2.24) is 0 Å². The zero-order valence-corrected chi connectivity index (χ0v) is 12.8. The molecule has 112 valence electrons. The second-order valence-corrected chi connectivity index (χ2v) is 4.49. The molecule has 0 aromatic heterocycles. The van der Waals surface area contributed by atoms with Gasteiger partial charge in [0.2, 0.25) is 0 Å². The number of nitriles is 1. The number of benzene rings is 2. The van der Waals surface area contributed by atoms with Crippen LogP contribution < -0.4 is 14.2 Å². The Bertz CT molecular complexity index is 729. The Morgan fingerprint density at radius 1 is 0.909 bits per heavy atom. The summed E-state index contributed by atoms with van der Waals surface area (Å²) < 4.78 is 15.8. The fraction of sp³-hybridized carbons (Fsp3) is 0.167. The molecule has 0 aliphatic carbocycles. The zero-order chi connectivity index (χ0) is 15.9. The van der Waals surface area contributed by atoms with Crippen LogP contribution in [0.1, 0.15) is 11.1 Å². The number of methoxy groups -OCH3 is 3. The topological polar surface area (TPSA) is 51.5 Å². The van der Waals surface area contributed by atoms with Crippen LogP contribution in [0.15, 0.2) is 48.5 Å². The van der Waals surface area contributed by atoms with E-state index < -0.39 is 0 Å². The number of allylic oxidation sites excluding steroid dienone is 1. The van der Waals surface area contributed by atoms with Crippen LogP contribution in [-0.4, -0.2) is 21.3 Å². The summed E-state index contributed by atoms with van der Waals surface area (Å²) in [6, 6.07) is 15.2. The minimum atomic E-state index is 0.617. The van der Waals surface area contributed by atoms with Crippen molar-refractivity contribution in [2.75, 3.05) is 21.3 Å². The molecule has 4 heteroatoms. The number of ether oxygens (including phenoxy) is 3. The standard InChI is InChI=1S/C18H17NO3/c1-20-15-6-4-5-13(11-15)16(9-10-19)14-7-8-17(21-2)18(12-14)22-3/h4-9,11-12H,1-3H3/b16-9+. The van der Waals surface area contributed by atoms with E-state index in [4.69, 9.17) is 19.5 Å². The Morgan fingerprint density at radius 2 is 1.64 bits per heavy atom. The van der Waals surface area contributed by atoms with E-state index in [0.717, 1.165) is 22.4 Å². The van der Waals surface area contributed by atoms with Crippen LogP contribution in [0.5, 0.6) is 17.2 Å². The van der Waals surface area contributed by atoms with E-state index in [1.165, 1.54) is 6.08 Å². The van der Waals surface area contributed by atoms with Gasteiger partial charge in [-0.2, -0.15) is 5.26 Å². The van der Waals surface area contributed by atoms with Crippen molar-refractivity contribution in [2.45, 2.75) is 0 Å². The molecule has 0 atom stereocenters. The lowest BCUT2D eigenvalue weighted by Gasteiger charge is -2.12. The van der Waals surface area contributed by atoms with Crippen LogP contribution in [0.4, 0.5) is 0 Å². The number of nitrogens with zero attached hydrogens (tertiary/aromatic N) is 1. The second kappa shape index (κ2) is 7.19. The highest BCUT2D eigenvalue weighted by atomic mass is 16.5. The van der Waals surface area contributed by atoms with Crippen LogP contribution >= 0.6 is 0 Å². The summed E-state index contributed by atoms with van der Waals surface area (Å²) in [6.07, 6.45) is 1.51. The largest absolute Gasteiger partial charge is 0.497 e. The van der Waals surface area contributed by atoms with Crippen LogP contribution in [0, 0.1) is 11.3 Å². The molecule has 0 saturated carbocycles. The van der Waals surface area contributed by atoms with Crippen molar-refractivity contribution >= 4 is 5.57 Å². The quantitative estimate of drug-likeness (QED) is 0.790. The number of hydrogen-bond acceptors (Lipinski definition) is 4. The summed E-state index contributed by atoms with van der Waals surface area (Å²) in [5.41, 5.74) is 2.56. The zero-order valence-electron chi connectivity index (χ0n) is 12.8. The van der Waals surface area contributed by atoms with Crippen LogP contribution in [0.2, 0.25) is 0 Å². The van der Waals surface area contributed by atoms with Crippen LogP contribution in [-0.2, 0) is 0 Å². The average molecular weight is 295 g/mol. The summed E-state index contributed by atoms with van der Waals surface area (Å²) in [6.45, 7) is 0. The molecule has 2 aromatic rings. The first kappa shape index (κ1) is 15.5. The molecule has 0 N–H and O–H groups in total. The van der Waals surface area contributed by atoms with Crippen LogP contribution in [0.3, 0.4) is 0 Å². The van der Waals surface area contributed by atoms with E-state index in [1.54, 1.807) is 21.3 Å². The highest BCUT2D eigenvalue weighted by Gasteiger charge is 2.10. The molecule has 0 unspecified atom stereocenters. The molecule has 0 amide bonds. The minimum Gasteiger partial charge on any atom is -0.497 e. The SMILES string of the molecule is COc1cccc(/C(=C\C#N)c2ccc(OC)c(OC)c2)c1. The average Bonchev–Trinajstić information content (AvgIpc) is 2.59. The van der Waals surface area contributed by atoms with Gasteiger partial charge in [0.05, 0.1) is 27.4 Å². The molecule has 2 rings (SSSR count). The van der Waals surface area contributed by atoms with Gasteiger partial charge in [0.15, 0.2) is 11.5 Å². The normalized spacial score (nSPS) is 10.7. The third kappa shape index (κ3) is 3.21. The van der Waals surface area contributed by atoms with E-state index in [9.17, 15) is 0 Å². The Kier molecular flexibility index (Phi) is 5.05. The molecule has 0 saturated heterocycles. The van der Waals surface area contributed by atoms with Gasteiger partial charge in [-0.25, -0.2) is 0 Å². The minimum absolute atomic E-state index is 0.617. The van der Waals surface area contributed by atoms with Gasteiger partial charge in [0, 0.05) is 6.08 Å². The molecule has 0 fully saturated rings. The smallest absolute Gasteiger partial charge is 0.161 e. The lowest BCUT2D eigenvalue weighted by atomic mass is 9.97. The van der Waals surface area contributed by atoms with Gasteiger partial charge in [0.1, 0.15) is 5.75 Å². The summed E-state index contributed by atoms with van der Waals surface area (Å²) >= 11 is 0. The highest BCUT2D eigenvalue weighted by molar-refractivity contribution is 5.82. The third-order valence-corrected chi connectivity index (χ3v) is 3.28. The third-order valence-electron chi connectivity index (χ3n) is 3.28. The summed E-state index contributed by atoms with van der Waals surface area (Å²) in [7, 11) is 4.79. The highest BCUT2D eigenvalue weighted by Crippen LogP contribution is 2.33. The van der Waals surface area contributed by atoms with E-state index in [0.29, 0.717) is 11.5 Å². The molecule has 0 aliphatic rings. The van der Waals surface area contributed by atoms with E-state index in [-0.39, 0.29) is 0 Å². The van der Waals surface area contributed by atoms with Gasteiger partial charge in [0.25, 0.3) is 0 Å². The molecule has 0 heterocycles. The maximum Gasteiger partial charge on any atom is 0.161 e. The maximum absolute atomic E-state index is 9.10. The lowest BCUT2D eigenvalue weighted by molar-refractivity contribution is 0.355. The van der Waals surface area contributed by atoms with Crippen molar-refractivity contribution in [2.24, 2.45) is 0 Å². The van der Waals surface area contributed by atoms with Gasteiger partial charge in [-0.05, 0) is 41.0 Å². The van der Waals surface area contributed by atoms with Gasteiger partial charge in [-0.15, -0.1) is 0 Å². The van der Waals surface area contributed by atoms with E-state index in [2.05, 4.69) is 6.07 Å². The maximum atomic E-state index is 9.10. The van der Waals surface area contributed by atoms with Crippen molar-refractivity contribution in [3.05, 3.63) is 59.7 Å². The molecule has 0 bridgehead atoms. The molecule has 0 aliphatic heterocycles. The summed E-state index contributed by atoms with van der Waals surface area (Å²) in [5.74, 6) is 2.00. The van der Waals surface area contributed by atoms with Crippen molar-refractivity contribution < 1.29 is 14.2 Å². The first-order valence-corrected chi connectivity index (χ1v) is 6.70. The van der Waals surface area contributed by atoms with Crippen molar-refractivity contribution in [3.63, 3.8) is 0 Å². The molecule has 22 heavy (non-hydrogen) atoms. The lowest BCUT2D eigenvalue weighted by Crippen LogP contribution is -1.94. The van der Waals surface area contributed by atoms with Crippen molar-refractivity contribution in [3.8, 4) is 23.3 Å². The molecule has 0 radical (unpaired) electrons. The predicted octanol–water partition coefficient (Wildman–Crippen LogP) is 3.67.